The van der Waals surface area contributed by atoms with Crippen LogP contribution in [-0.4, -0.2) is 66.8 Å². The Hall–Kier alpha value is -2.14. The quantitative estimate of drug-likeness (QED) is 0.381. The van der Waals surface area contributed by atoms with Crippen molar-refractivity contribution in [1.82, 2.24) is 10.6 Å². The van der Waals surface area contributed by atoms with E-state index >= 15 is 0 Å². The molecule has 0 aromatic rings. The summed E-state index contributed by atoms with van der Waals surface area (Å²) in [5.41, 5.74) is -0.633. The molecule has 0 aromatic carbocycles. The largest absolute Gasteiger partial charge is 0.459 e. The van der Waals surface area contributed by atoms with E-state index < -0.39 is 47.0 Å². The highest BCUT2D eigenvalue weighted by Crippen LogP contribution is 2.28. The van der Waals surface area contributed by atoms with Crippen molar-refractivity contribution in [2.24, 2.45) is 0 Å². The first-order valence-electron chi connectivity index (χ1n) is 7.46. The monoisotopic (exact) mass is 347 g/mol. The number of nitrogens with zero attached hydrogens (tertiary/aromatic N) is 1. The number of nitrogens with one attached hydrogen (secondary N) is 2. The second-order valence-corrected chi connectivity index (χ2v) is 6.48. The number of carbonyl (C=O) groups is 2. The molecule has 0 bridgehead atoms. The van der Waals surface area contributed by atoms with Crippen molar-refractivity contribution in [3.8, 4) is 0 Å². The lowest BCUT2D eigenvalue weighted by Crippen LogP contribution is -2.49. The molecule has 2 aliphatic rings. The molecule has 2 N–H and O–H groups in total. The predicted octanol–water partition coefficient (Wildman–Crippen LogP) is -0.630. The average molecular weight is 347 g/mol. The Morgan fingerprint density at radius 3 is 2.54 bits per heavy atom. The average Bonchev–Trinajstić information content (AvgIpc) is 2.99. The first-order valence-corrected chi connectivity index (χ1v) is 7.46. The molecule has 0 radical (unpaired) electrons. The maximum Gasteiger partial charge on any atom is 0.325 e. The maximum atomic E-state index is 11.8. The van der Waals surface area contributed by atoms with Crippen LogP contribution >= 0.6 is 0 Å². The lowest BCUT2D eigenvalue weighted by atomic mass is 10.1. The van der Waals surface area contributed by atoms with Crippen LogP contribution in [0.2, 0.25) is 0 Å². The predicted molar refractivity (Wildman–Crippen MR) is 77.5 cm³/mol. The summed E-state index contributed by atoms with van der Waals surface area (Å²) >= 11 is 0. The van der Waals surface area contributed by atoms with Gasteiger partial charge in [0, 0.05) is 0 Å². The van der Waals surface area contributed by atoms with Gasteiger partial charge < -0.3 is 29.7 Å². The van der Waals surface area contributed by atoms with Crippen molar-refractivity contribution < 1.29 is 33.7 Å². The van der Waals surface area contributed by atoms with E-state index in [1.165, 1.54) is 0 Å². The van der Waals surface area contributed by atoms with Crippen molar-refractivity contribution in [2.75, 3.05) is 19.8 Å². The summed E-state index contributed by atoms with van der Waals surface area (Å²) in [4.78, 5) is 38.3. The van der Waals surface area contributed by atoms with Crippen LogP contribution in [-0.2, 0) is 23.8 Å². The zero-order valence-corrected chi connectivity index (χ0v) is 13.6. The standard InChI is InChI=1S/C13H21N3O8/c1-13(2,3)23-9(17)4-14-12(18)15-7-5-21-11-8(24-16(19)20)6-22-10(7)11/h7-8,10-11H,4-6H2,1-3H3,(H2,14,15,18)/t7-,8+,10+,11+/m0/s1. The van der Waals surface area contributed by atoms with E-state index in [2.05, 4.69) is 15.5 Å². The topological polar surface area (TPSA) is 138 Å². The van der Waals surface area contributed by atoms with Gasteiger partial charge in [0.25, 0.3) is 5.09 Å². The Bertz CT molecular complexity index is 506. The number of hydrogen-bond donors (Lipinski definition) is 2. The number of hydrogen-bond acceptors (Lipinski definition) is 8. The van der Waals surface area contributed by atoms with Crippen LogP contribution in [0.5, 0.6) is 0 Å². The van der Waals surface area contributed by atoms with Crippen molar-refractivity contribution in [3.63, 3.8) is 0 Å². The molecule has 24 heavy (non-hydrogen) atoms. The Labute approximate surface area is 138 Å². The van der Waals surface area contributed by atoms with Crippen molar-refractivity contribution in [2.45, 2.75) is 50.7 Å². The number of rotatable bonds is 5. The summed E-state index contributed by atoms with van der Waals surface area (Å²) in [6.07, 6.45) is -1.98. The van der Waals surface area contributed by atoms with E-state index in [4.69, 9.17) is 14.2 Å². The second kappa shape index (κ2) is 7.18. The molecule has 2 heterocycles. The molecule has 11 nitrogen and oxygen atoms in total. The molecular weight excluding hydrogens is 326 g/mol. The second-order valence-electron chi connectivity index (χ2n) is 6.48. The molecule has 136 valence electrons. The third kappa shape index (κ3) is 4.93. The van der Waals surface area contributed by atoms with Gasteiger partial charge in [0.05, 0.1) is 19.3 Å². The van der Waals surface area contributed by atoms with E-state index in [1.807, 2.05) is 0 Å². The van der Waals surface area contributed by atoms with E-state index in [0.717, 1.165) is 0 Å². The molecule has 0 unspecified atom stereocenters. The molecule has 4 atom stereocenters. The van der Waals surface area contributed by atoms with Crippen molar-refractivity contribution in [1.29, 1.82) is 0 Å². The lowest BCUT2D eigenvalue weighted by molar-refractivity contribution is -0.769. The summed E-state index contributed by atoms with van der Waals surface area (Å²) < 4.78 is 15.9. The van der Waals surface area contributed by atoms with Crippen LogP contribution in [0.3, 0.4) is 0 Å². The van der Waals surface area contributed by atoms with Gasteiger partial charge in [-0.1, -0.05) is 0 Å². The van der Waals surface area contributed by atoms with E-state index in [9.17, 15) is 19.7 Å². The fraction of sp³-hybridized carbons (Fsp3) is 0.846. The Kier molecular flexibility index (Phi) is 5.44. The lowest BCUT2D eigenvalue weighted by Gasteiger charge is -2.20. The summed E-state index contributed by atoms with van der Waals surface area (Å²) in [5.74, 6) is -0.560. The highest BCUT2D eigenvalue weighted by molar-refractivity contribution is 5.81. The van der Waals surface area contributed by atoms with Crippen LogP contribution in [0, 0.1) is 10.1 Å². The highest BCUT2D eigenvalue weighted by Gasteiger charge is 2.49. The molecule has 2 rings (SSSR count). The Morgan fingerprint density at radius 2 is 1.92 bits per heavy atom. The van der Waals surface area contributed by atoms with Crippen molar-refractivity contribution in [3.05, 3.63) is 10.1 Å². The number of urea groups is 1. The van der Waals surface area contributed by atoms with Crippen LogP contribution in [0.4, 0.5) is 4.79 Å². The molecule has 11 heteroatoms. The first kappa shape index (κ1) is 18.2. The van der Waals surface area contributed by atoms with Gasteiger partial charge in [0.15, 0.2) is 6.10 Å². The molecule has 2 saturated heterocycles. The summed E-state index contributed by atoms with van der Waals surface area (Å²) in [7, 11) is 0. The van der Waals surface area contributed by atoms with Gasteiger partial charge in [0.2, 0.25) is 0 Å². The minimum absolute atomic E-state index is 0.00796. The minimum Gasteiger partial charge on any atom is -0.459 e. The molecule has 0 saturated carbocycles. The molecule has 0 spiro atoms. The molecule has 2 amide bonds. The van der Waals surface area contributed by atoms with Gasteiger partial charge >= 0.3 is 12.0 Å². The SMILES string of the molecule is CC(C)(C)OC(=O)CNC(=O)N[C@H]1CO[C@H]2[C@@H]1OC[C@H]2O[N+](=O)[O-]. The normalized spacial score (nSPS) is 28.8. The van der Waals surface area contributed by atoms with Gasteiger partial charge in [-0.3, -0.25) is 4.79 Å². The summed E-state index contributed by atoms with van der Waals surface area (Å²) in [5, 5.41) is 14.5. The number of esters is 1. The fourth-order valence-electron chi connectivity index (χ4n) is 2.54. The first-order chi connectivity index (χ1) is 11.2. The maximum absolute atomic E-state index is 11.8. The van der Waals surface area contributed by atoms with Gasteiger partial charge in [-0.2, -0.15) is 0 Å². The molecular formula is C13H21N3O8. The van der Waals surface area contributed by atoms with Crippen LogP contribution < -0.4 is 10.6 Å². The van der Waals surface area contributed by atoms with Gasteiger partial charge in [-0.05, 0) is 20.8 Å². The summed E-state index contributed by atoms with van der Waals surface area (Å²) in [6.45, 7) is 5.03. The van der Waals surface area contributed by atoms with Gasteiger partial charge in [-0.25, -0.2) is 4.79 Å². The number of fused-ring (bicyclic) bond motifs is 1. The minimum atomic E-state index is -0.895. The number of ether oxygens (including phenoxy) is 3. The Balaban J connectivity index is 1.75. The zero-order chi connectivity index (χ0) is 17.9. The van der Waals surface area contributed by atoms with Crippen LogP contribution in [0.1, 0.15) is 20.8 Å². The summed E-state index contributed by atoms with van der Waals surface area (Å²) in [6, 6.07) is -1.08. The number of amides is 2. The molecule has 0 aliphatic carbocycles. The highest BCUT2D eigenvalue weighted by atomic mass is 17.0. The zero-order valence-electron chi connectivity index (χ0n) is 13.6. The van der Waals surface area contributed by atoms with Crippen LogP contribution in [0.15, 0.2) is 0 Å². The fourth-order valence-corrected chi connectivity index (χ4v) is 2.54. The Morgan fingerprint density at radius 1 is 1.25 bits per heavy atom. The third-order valence-electron chi connectivity index (χ3n) is 3.36. The third-order valence-corrected chi connectivity index (χ3v) is 3.36. The van der Waals surface area contributed by atoms with E-state index in [0.29, 0.717) is 0 Å². The smallest absolute Gasteiger partial charge is 0.325 e. The number of carbonyl (C=O) groups excluding carboxylic acids is 2. The van der Waals surface area contributed by atoms with Crippen LogP contribution in [0.25, 0.3) is 0 Å². The van der Waals surface area contributed by atoms with E-state index in [1.54, 1.807) is 20.8 Å². The molecule has 2 fully saturated rings. The molecule has 2 aliphatic heterocycles. The molecule has 0 aromatic heterocycles. The van der Waals surface area contributed by atoms with Crippen molar-refractivity contribution >= 4 is 12.0 Å². The van der Waals surface area contributed by atoms with Gasteiger partial charge in [0.1, 0.15) is 24.4 Å². The van der Waals surface area contributed by atoms with Gasteiger partial charge in [-0.15, -0.1) is 10.1 Å². The van der Waals surface area contributed by atoms with E-state index in [-0.39, 0.29) is 19.8 Å².